The Hall–Kier alpha value is -1.95. The molecular weight excluding hydrogens is 250 g/mol. The number of nitrogen functional groups attached to an aromatic ring is 1. The van der Waals surface area contributed by atoms with Gasteiger partial charge < -0.3 is 15.9 Å². The number of carbonyl (C=O) groups excluding carboxylic acids is 1. The van der Waals surface area contributed by atoms with E-state index < -0.39 is 5.91 Å². The molecule has 0 aliphatic heterocycles. The van der Waals surface area contributed by atoms with Crippen molar-refractivity contribution in [3.63, 3.8) is 0 Å². The lowest BCUT2D eigenvalue weighted by Crippen LogP contribution is -2.12. The highest BCUT2D eigenvalue weighted by Crippen LogP contribution is 2.31. The van der Waals surface area contributed by atoms with Crippen molar-refractivity contribution >= 4 is 23.4 Å². The van der Waals surface area contributed by atoms with Crippen molar-refractivity contribution in [1.82, 2.24) is 4.98 Å². The Kier molecular flexibility index (Phi) is 3.29. The first-order valence-corrected chi connectivity index (χ1v) is 6.10. The Balaban J connectivity index is 2.36. The van der Waals surface area contributed by atoms with Gasteiger partial charge in [0.2, 0.25) is 5.91 Å². The highest BCUT2D eigenvalue weighted by atomic mass is 32.2. The maximum atomic E-state index is 11.3. The van der Waals surface area contributed by atoms with E-state index in [0.717, 1.165) is 11.5 Å². The summed E-state index contributed by atoms with van der Waals surface area (Å²) in [7, 11) is 0. The van der Waals surface area contributed by atoms with E-state index in [9.17, 15) is 4.79 Å². The number of aryl methyl sites for hydroxylation is 2. The summed E-state index contributed by atoms with van der Waals surface area (Å²) in [5.74, 6) is 0.235. The number of rotatable bonds is 3. The molecule has 4 N–H and O–H groups in total. The molecule has 0 radical (unpaired) electrons. The molecule has 94 valence electrons. The molecule has 0 unspecified atom stereocenters. The van der Waals surface area contributed by atoms with Crippen molar-refractivity contribution in [3.8, 4) is 0 Å². The third kappa shape index (κ3) is 2.48. The van der Waals surface area contributed by atoms with E-state index in [1.54, 1.807) is 18.2 Å². The van der Waals surface area contributed by atoms with Crippen LogP contribution in [-0.2, 0) is 0 Å². The van der Waals surface area contributed by atoms with Gasteiger partial charge in [-0.3, -0.25) is 4.79 Å². The third-order valence-electron chi connectivity index (χ3n) is 2.48. The minimum Gasteiger partial charge on any atom is -0.436 e. The van der Waals surface area contributed by atoms with Gasteiger partial charge in [-0.05, 0) is 43.8 Å². The lowest BCUT2D eigenvalue weighted by atomic mass is 10.2. The van der Waals surface area contributed by atoms with Crippen molar-refractivity contribution in [2.45, 2.75) is 24.0 Å². The van der Waals surface area contributed by atoms with E-state index in [1.165, 1.54) is 11.8 Å². The molecule has 18 heavy (non-hydrogen) atoms. The Morgan fingerprint density at radius 3 is 2.67 bits per heavy atom. The van der Waals surface area contributed by atoms with Crippen LogP contribution in [0.4, 0.5) is 5.69 Å². The topological polar surface area (TPSA) is 95.1 Å². The molecule has 6 heteroatoms. The normalized spacial score (nSPS) is 10.6. The molecule has 0 atom stereocenters. The van der Waals surface area contributed by atoms with Crippen molar-refractivity contribution < 1.29 is 9.21 Å². The van der Waals surface area contributed by atoms with Crippen LogP contribution in [0.3, 0.4) is 0 Å². The van der Waals surface area contributed by atoms with Gasteiger partial charge in [-0.15, -0.1) is 0 Å². The van der Waals surface area contributed by atoms with E-state index in [0.29, 0.717) is 21.4 Å². The Bertz CT molecular complexity index is 588. The maximum Gasteiger partial charge on any atom is 0.261 e. The third-order valence-corrected chi connectivity index (χ3v) is 3.40. The van der Waals surface area contributed by atoms with Crippen LogP contribution in [0.5, 0.6) is 0 Å². The summed E-state index contributed by atoms with van der Waals surface area (Å²) >= 11 is 1.25. The molecule has 0 saturated carbocycles. The van der Waals surface area contributed by atoms with Crippen LogP contribution in [-0.4, -0.2) is 10.9 Å². The zero-order valence-corrected chi connectivity index (χ0v) is 10.9. The zero-order chi connectivity index (χ0) is 13.3. The van der Waals surface area contributed by atoms with Crippen LogP contribution in [0.25, 0.3) is 0 Å². The molecule has 1 amide bonds. The molecular formula is C12H13N3O2S. The second-order valence-electron chi connectivity index (χ2n) is 3.84. The van der Waals surface area contributed by atoms with Crippen LogP contribution in [0.2, 0.25) is 0 Å². The first-order valence-electron chi connectivity index (χ1n) is 5.28. The number of oxazole rings is 1. The first-order chi connectivity index (χ1) is 8.47. The number of nitrogens with two attached hydrogens (primary N) is 2. The fourth-order valence-electron chi connectivity index (χ4n) is 1.41. The van der Waals surface area contributed by atoms with Crippen molar-refractivity contribution in [2.75, 3.05) is 5.73 Å². The SMILES string of the molecule is Cc1nc(Sc2ccc(N)cc2C(N)=O)oc1C. The fourth-order valence-corrected chi connectivity index (χ4v) is 2.35. The van der Waals surface area contributed by atoms with Gasteiger partial charge in [0.05, 0.1) is 11.3 Å². The van der Waals surface area contributed by atoms with E-state index in [4.69, 9.17) is 15.9 Å². The minimum absolute atomic E-state index is 0.369. The second-order valence-corrected chi connectivity index (χ2v) is 4.84. The standard InChI is InChI=1S/C12H13N3O2S/c1-6-7(2)17-12(15-6)18-10-4-3-8(13)5-9(10)11(14)16/h3-5H,13H2,1-2H3,(H2,14,16). The quantitative estimate of drug-likeness (QED) is 0.827. The predicted octanol–water partition coefficient (Wildman–Crippen LogP) is 2.12. The molecule has 1 heterocycles. The number of primary amides is 1. The highest BCUT2D eigenvalue weighted by molar-refractivity contribution is 7.99. The van der Waals surface area contributed by atoms with Crippen LogP contribution in [0.1, 0.15) is 21.8 Å². The molecule has 1 aromatic heterocycles. The summed E-state index contributed by atoms with van der Waals surface area (Å²) in [6, 6.07) is 4.99. The Morgan fingerprint density at radius 2 is 2.11 bits per heavy atom. The highest BCUT2D eigenvalue weighted by Gasteiger charge is 2.13. The zero-order valence-electron chi connectivity index (χ0n) is 10.1. The molecule has 5 nitrogen and oxygen atoms in total. The number of hydrogen-bond donors (Lipinski definition) is 2. The van der Waals surface area contributed by atoms with E-state index in [1.807, 2.05) is 13.8 Å². The summed E-state index contributed by atoms with van der Waals surface area (Å²) in [5, 5.41) is 0.484. The number of amides is 1. The van der Waals surface area contributed by atoms with Crippen LogP contribution in [0, 0.1) is 13.8 Å². The fraction of sp³-hybridized carbons (Fsp3) is 0.167. The van der Waals surface area contributed by atoms with Crippen molar-refractivity contribution in [2.24, 2.45) is 5.73 Å². The largest absolute Gasteiger partial charge is 0.436 e. The summed E-state index contributed by atoms with van der Waals surface area (Å²) < 4.78 is 5.45. The molecule has 2 aromatic rings. The number of anilines is 1. The van der Waals surface area contributed by atoms with E-state index >= 15 is 0 Å². The molecule has 0 saturated heterocycles. The van der Waals surface area contributed by atoms with Gasteiger partial charge in [0.25, 0.3) is 5.22 Å². The lowest BCUT2D eigenvalue weighted by Gasteiger charge is -2.04. The molecule has 0 aliphatic rings. The van der Waals surface area contributed by atoms with Crippen molar-refractivity contribution in [1.29, 1.82) is 0 Å². The number of carbonyl (C=O) groups is 1. The summed E-state index contributed by atoms with van der Waals surface area (Å²) in [6.07, 6.45) is 0. The molecule has 0 aliphatic carbocycles. The average molecular weight is 263 g/mol. The Morgan fingerprint density at radius 1 is 1.39 bits per heavy atom. The van der Waals surface area contributed by atoms with Crippen LogP contribution >= 0.6 is 11.8 Å². The molecule has 1 aromatic carbocycles. The van der Waals surface area contributed by atoms with Crippen LogP contribution in [0.15, 0.2) is 32.7 Å². The van der Waals surface area contributed by atoms with Gasteiger partial charge in [-0.25, -0.2) is 4.98 Å². The smallest absolute Gasteiger partial charge is 0.261 e. The monoisotopic (exact) mass is 263 g/mol. The molecule has 2 rings (SSSR count). The van der Waals surface area contributed by atoms with E-state index in [-0.39, 0.29) is 0 Å². The Labute approximate surface area is 109 Å². The minimum atomic E-state index is -0.523. The van der Waals surface area contributed by atoms with Crippen LogP contribution < -0.4 is 11.5 Å². The molecule has 0 spiro atoms. The predicted molar refractivity (Wildman–Crippen MR) is 69.5 cm³/mol. The average Bonchev–Trinajstić information content (AvgIpc) is 2.60. The first kappa shape index (κ1) is 12.5. The van der Waals surface area contributed by atoms with Gasteiger partial charge in [0.1, 0.15) is 5.76 Å². The number of nitrogens with zero attached hydrogens (tertiary/aromatic N) is 1. The number of benzene rings is 1. The van der Waals surface area contributed by atoms with Crippen molar-refractivity contribution in [3.05, 3.63) is 35.2 Å². The van der Waals surface area contributed by atoms with Gasteiger partial charge in [-0.1, -0.05) is 0 Å². The number of aromatic nitrogens is 1. The molecule has 0 bridgehead atoms. The summed E-state index contributed by atoms with van der Waals surface area (Å²) in [5.41, 5.74) is 12.6. The van der Waals surface area contributed by atoms with Gasteiger partial charge >= 0.3 is 0 Å². The second kappa shape index (κ2) is 4.73. The lowest BCUT2D eigenvalue weighted by molar-refractivity contribution is 0.0997. The summed E-state index contributed by atoms with van der Waals surface area (Å²) in [4.78, 5) is 16.3. The van der Waals surface area contributed by atoms with Gasteiger partial charge in [-0.2, -0.15) is 0 Å². The maximum absolute atomic E-state index is 11.3. The summed E-state index contributed by atoms with van der Waals surface area (Å²) in [6.45, 7) is 3.70. The van der Waals surface area contributed by atoms with Gasteiger partial charge in [0.15, 0.2) is 0 Å². The number of hydrogen-bond acceptors (Lipinski definition) is 5. The van der Waals surface area contributed by atoms with E-state index in [2.05, 4.69) is 4.98 Å². The molecule has 0 fully saturated rings. The van der Waals surface area contributed by atoms with Gasteiger partial charge in [0, 0.05) is 10.6 Å².